The van der Waals surface area contributed by atoms with Crippen molar-refractivity contribution in [2.75, 3.05) is 13.1 Å². The number of hydrogen-bond donors (Lipinski definition) is 2. The van der Waals surface area contributed by atoms with E-state index in [0.29, 0.717) is 33.4 Å². The van der Waals surface area contributed by atoms with Gasteiger partial charge in [0.2, 0.25) is 20.0 Å². The summed E-state index contributed by atoms with van der Waals surface area (Å²) < 4.78 is 208. The molecule has 28 heteroatoms. The third-order valence-electron chi connectivity index (χ3n) is 11.2. The predicted molar refractivity (Wildman–Crippen MR) is 241 cm³/mol. The molecular formula is C47H39F12N7O7S2. The van der Waals surface area contributed by atoms with Crippen molar-refractivity contribution in [3.05, 3.63) is 156 Å². The summed E-state index contributed by atoms with van der Waals surface area (Å²) in [5, 5.41) is 8.92. The number of hydrogen-bond acceptors (Lipinski definition) is 11. The molecule has 2 aromatic heterocycles. The van der Waals surface area contributed by atoms with Crippen LogP contribution in [0.5, 0.6) is 0 Å². The minimum absolute atomic E-state index is 0.0206. The monoisotopic (exact) mass is 1110 g/mol. The molecule has 0 bridgehead atoms. The Morgan fingerprint density at radius 3 is 1.36 bits per heavy atom. The maximum atomic E-state index is 14.2. The van der Waals surface area contributed by atoms with Crippen molar-refractivity contribution >= 4 is 31.8 Å². The van der Waals surface area contributed by atoms with E-state index in [1.807, 2.05) is 0 Å². The molecule has 75 heavy (non-hydrogen) atoms. The second kappa shape index (κ2) is 23.3. The highest BCUT2D eigenvalue weighted by Gasteiger charge is 2.45. The van der Waals surface area contributed by atoms with Crippen molar-refractivity contribution in [3.8, 4) is 22.5 Å². The van der Waals surface area contributed by atoms with E-state index in [2.05, 4.69) is 19.9 Å². The fourth-order valence-electron chi connectivity index (χ4n) is 7.58. The molecule has 400 valence electrons. The first-order valence-electron chi connectivity index (χ1n) is 21.7. The number of aromatic nitrogens is 4. The smallest absolute Gasteiger partial charge is 0.434 e. The number of benzene rings is 4. The van der Waals surface area contributed by atoms with E-state index in [1.165, 1.54) is 12.1 Å². The van der Waals surface area contributed by atoms with Gasteiger partial charge < -0.3 is 10.8 Å². The number of nitrogens with two attached hydrogens (primary N) is 1. The van der Waals surface area contributed by atoms with Gasteiger partial charge in [0, 0.05) is 50.0 Å². The highest BCUT2D eigenvalue weighted by atomic mass is 32.2. The first-order valence-corrected chi connectivity index (χ1v) is 24.6. The van der Waals surface area contributed by atoms with Gasteiger partial charge in [-0.1, -0.05) is 0 Å². The van der Waals surface area contributed by atoms with Crippen molar-refractivity contribution < 1.29 is 84.2 Å². The summed E-state index contributed by atoms with van der Waals surface area (Å²) in [4.78, 5) is 37.2. The molecule has 2 aliphatic rings. The predicted octanol–water partition coefficient (Wildman–Crippen LogP) is 8.52. The molecule has 2 saturated heterocycles. The quantitative estimate of drug-likeness (QED) is 0.111. The van der Waals surface area contributed by atoms with Gasteiger partial charge in [-0.25, -0.2) is 53.1 Å². The number of aryl methyl sites for hydroxylation is 1. The summed E-state index contributed by atoms with van der Waals surface area (Å²) in [5.74, 6) is -4.52. The van der Waals surface area contributed by atoms with E-state index in [4.69, 9.17) is 10.8 Å². The third kappa shape index (κ3) is 14.5. The van der Waals surface area contributed by atoms with Crippen LogP contribution in [-0.4, -0.2) is 99.8 Å². The number of sulfonamides is 2. The van der Waals surface area contributed by atoms with Crippen molar-refractivity contribution in [1.29, 1.82) is 0 Å². The average molecular weight is 1110 g/mol. The molecule has 2 fully saturated rings. The van der Waals surface area contributed by atoms with Gasteiger partial charge in [-0.2, -0.15) is 35.0 Å². The number of rotatable bonds is 12. The van der Waals surface area contributed by atoms with Crippen LogP contribution in [0.2, 0.25) is 0 Å². The van der Waals surface area contributed by atoms with E-state index in [-0.39, 0.29) is 59.0 Å². The van der Waals surface area contributed by atoms with Crippen LogP contribution in [0.25, 0.3) is 22.5 Å². The van der Waals surface area contributed by atoms with E-state index in [0.717, 1.165) is 83.4 Å². The molecule has 4 aromatic carbocycles. The topological polar surface area (TPSA) is 207 Å². The number of carbonyl (C=O) groups is 2. The van der Waals surface area contributed by atoms with Crippen LogP contribution in [0.3, 0.4) is 0 Å². The number of nitrogens with zero attached hydrogens (tertiary/aromatic N) is 6. The van der Waals surface area contributed by atoms with Gasteiger partial charge in [0.15, 0.2) is 17.2 Å². The maximum absolute atomic E-state index is 14.2. The summed E-state index contributed by atoms with van der Waals surface area (Å²) in [5.41, 5.74) is 4.52. The van der Waals surface area contributed by atoms with Crippen molar-refractivity contribution in [1.82, 2.24) is 28.5 Å². The van der Waals surface area contributed by atoms with Crippen LogP contribution in [0, 0.1) is 23.3 Å². The van der Waals surface area contributed by atoms with Gasteiger partial charge in [0.05, 0.1) is 52.0 Å². The van der Waals surface area contributed by atoms with Crippen molar-refractivity contribution in [3.63, 3.8) is 0 Å². The minimum atomic E-state index is -4.68. The molecule has 0 radical (unpaired) electrons. The number of aliphatic carboxylic acids is 1. The molecular weight excluding hydrogens is 1070 g/mol. The molecule has 14 nitrogen and oxygen atoms in total. The lowest BCUT2D eigenvalue weighted by Gasteiger charge is -2.23. The summed E-state index contributed by atoms with van der Waals surface area (Å²) in [7, 11) is -8.42. The lowest BCUT2D eigenvalue weighted by Crippen LogP contribution is -2.40. The van der Waals surface area contributed by atoms with E-state index >= 15 is 0 Å². The number of carboxylic acid groups (broad SMARTS) is 1. The summed E-state index contributed by atoms with van der Waals surface area (Å²) in [6.07, 6.45) is -10.4. The number of halogens is 12. The second-order valence-electron chi connectivity index (χ2n) is 16.5. The zero-order chi connectivity index (χ0) is 55.2. The summed E-state index contributed by atoms with van der Waals surface area (Å²) >= 11 is 0. The minimum Gasteiger partial charge on any atom is -0.480 e. The largest absolute Gasteiger partial charge is 0.480 e. The van der Waals surface area contributed by atoms with Gasteiger partial charge >= 0.3 is 18.3 Å². The Hall–Kier alpha value is -6.88. The normalized spacial score (nSPS) is 18.4. The summed E-state index contributed by atoms with van der Waals surface area (Å²) in [6.45, 7) is -0.914. The van der Waals surface area contributed by atoms with Gasteiger partial charge in [0.1, 0.15) is 41.7 Å². The number of carbonyl (C=O) groups excluding carboxylic acids is 1. The Kier molecular flexibility index (Phi) is 17.9. The molecule has 0 spiro atoms. The molecule has 4 heterocycles. The standard InChI is InChI=1S/C24H19F6N3O3S.C12H9F4N3.C11H11F2NO4S/c25-16-2-4-19(5-3-16)37(35,36)33-13-18(27)10-21(33)22(34)6-1-14-7-15(9-17(26)8-14)20-11-32-23(12-31-20)24(28,29)30;13-9-2-7(4-17)1-8(3-9)10-5-19-11(6-18-10)12(14,15)16;12-7-1-3-9(4-2-7)19(17,18)14-6-8(13)5-10(14)11(15)16/h2-5,7-9,11-12,18,21H,1,6,10,13H2;1-3,5-6H,4,17H2;1-4,8,10H,5-6H2,(H,15,16)/t18-,21+;;8-,10+/m1.1/s1. The van der Waals surface area contributed by atoms with Crippen LogP contribution in [-0.2, 0) is 55.0 Å². The molecule has 0 unspecified atom stereocenters. The first-order chi connectivity index (χ1) is 35.1. The number of alkyl halides is 8. The number of ketones is 1. The van der Waals surface area contributed by atoms with Gasteiger partial charge in [-0.05, 0) is 102 Å². The summed E-state index contributed by atoms with van der Waals surface area (Å²) in [6, 6.07) is 12.7. The first kappa shape index (κ1) is 57.4. The van der Waals surface area contributed by atoms with E-state index in [1.54, 1.807) is 6.07 Å². The molecule has 0 amide bonds. The SMILES string of the molecule is NCc1cc(F)cc(-c2cnc(C(F)(F)F)cn2)c1.O=C(CCc1cc(F)cc(-c2cnc(C(F)(F)F)cn2)c1)[C@@H]1C[C@@H](F)CN1S(=O)(=O)c1ccc(F)cc1.O=C(O)[C@@H]1C[C@@H](F)CN1S(=O)(=O)c1ccc(F)cc1. The van der Waals surface area contributed by atoms with Crippen LogP contribution in [0.4, 0.5) is 52.7 Å². The van der Waals surface area contributed by atoms with Crippen LogP contribution in [0.1, 0.15) is 41.8 Å². The number of Topliss-reactive ketones (excluding diaryl/α,β-unsaturated/α-hetero) is 1. The lowest BCUT2D eigenvalue weighted by molar-refractivity contribution is -0.142. The molecule has 0 saturated carbocycles. The Bertz CT molecular complexity index is 3210. The highest BCUT2D eigenvalue weighted by molar-refractivity contribution is 7.89. The van der Waals surface area contributed by atoms with Gasteiger partial charge in [-0.15, -0.1) is 0 Å². The van der Waals surface area contributed by atoms with Crippen molar-refractivity contribution in [2.45, 2.75) is 78.8 Å². The van der Waals surface area contributed by atoms with Gasteiger partial charge in [0.25, 0.3) is 0 Å². The maximum Gasteiger partial charge on any atom is 0.434 e. The average Bonchev–Trinajstić information content (AvgIpc) is 3.97. The second-order valence-corrected chi connectivity index (χ2v) is 20.3. The van der Waals surface area contributed by atoms with Crippen LogP contribution in [0.15, 0.2) is 120 Å². The molecule has 0 aliphatic carbocycles. The molecule has 4 atom stereocenters. The number of carboxylic acids is 1. The van der Waals surface area contributed by atoms with E-state index in [9.17, 15) is 79.1 Å². The fourth-order valence-corrected chi connectivity index (χ4v) is 10.9. The van der Waals surface area contributed by atoms with E-state index < -0.39 is 116 Å². The third-order valence-corrected chi connectivity index (χ3v) is 15.0. The molecule has 2 aliphatic heterocycles. The molecule has 6 aromatic rings. The van der Waals surface area contributed by atoms with Crippen LogP contribution < -0.4 is 5.73 Å². The Balaban J connectivity index is 0.000000202. The Morgan fingerprint density at radius 2 is 0.973 bits per heavy atom. The Morgan fingerprint density at radius 1 is 0.573 bits per heavy atom. The van der Waals surface area contributed by atoms with Gasteiger partial charge in [-0.3, -0.25) is 19.6 Å². The Labute approximate surface area is 419 Å². The fraction of sp³-hybridized carbons (Fsp3) is 0.277. The zero-order valence-corrected chi connectivity index (χ0v) is 39.8. The zero-order valence-electron chi connectivity index (χ0n) is 38.2. The van der Waals surface area contributed by atoms with Crippen LogP contribution >= 0.6 is 0 Å². The van der Waals surface area contributed by atoms with Crippen molar-refractivity contribution in [2.24, 2.45) is 5.73 Å². The highest BCUT2D eigenvalue weighted by Crippen LogP contribution is 2.33. The lowest BCUT2D eigenvalue weighted by atomic mass is 10.00. The molecule has 8 rings (SSSR count). The molecule has 3 N–H and O–H groups in total.